The van der Waals surface area contributed by atoms with Crippen LogP contribution in [0.4, 0.5) is 0 Å². The maximum atomic E-state index is 13.7. The zero-order valence-corrected chi connectivity index (χ0v) is 23.5. The van der Waals surface area contributed by atoms with Gasteiger partial charge >= 0.3 is 0 Å². The van der Waals surface area contributed by atoms with Crippen molar-refractivity contribution in [3.05, 3.63) is 87.7 Å². The second kappa shape index (κ2) is 12.9. The highest BCUT2D eigenvalue weighted by Crippen LogP contribution is 2.33. The van der Waals surface area contributed by atoms with Crippen LogP contribution in [-0.4, -0.2) is 42.0 Å². The van der Waals surface area contributed by atoms with Crippen molar-refractivity contribution in [3.8, 4) is 23.0 Å². The van der Waals surface area contributed by atoms with Gasteiger partial charge in [0, 0.05) is 19.2 Å². The minimum atomic E-state index is -0.0544. The van der Waals surface area contributed by atoms with Crippen LogP contribution in [0.5, 0.6) is 23.0 Å². The average Bonchev–Trinajstić information content (AvgIpc) is 3.01. The molecule has 1 fully saturated rings. The summed E-state index contributed by atoms with van der Waals surface area (Å²) in [5, 5.41) is 5.36. The SMILES string of the molecule is CCn1nc(CN2CCCCC2)c(=O)c2cc(OCc3ccc(OC)cc3)c(OCc3ccc(OC)cc3)cc21. The number of rotatable bonds is 11. The van der Waals surface area contributed by atoms with Crippen molar-refractivity contribution in [2.75, 3.05) is 27.3 Å². The Morgan fingerprint density at radius 3 is 1.85 bits per heavy atom. The number of hydrogen-bond donors (Lipinski definition) is 0. The number of likely N-dealkylation sites (tertiary alicyclic amines) is 1. The Morgan fingerprint density at radius 1 is 0.775 bits per heavy atom. The van der Waals surface area contributed by atoms with Gasteiger partial charge in [0.05, 0.1) is 25.1 Å². The highest BCUT2D eigenvalue weighted by Gasteiger charge is 2.19. The Kier molecular flexibility index (Phi) is 8.86. The Labute approximate surface area is 235 Å². The van der Waals surface area contributed by atoms with Crippen LogP contribution in [0.15, 0.2) is 65.5 Å². The first-order valence-electron chi connectivity index (χ1n) is 13.9. The second-order valence-corrected chi connectivity index (χ2v) is 10.0. The summed E-state index contributed by atoms with van der Waals surface area (Å²) < 4.78 is 25.0. The Morgan fingerprint density at radius 2 is 1.32 bits per heavy atom. The number of nitrogens with zero attached hydrogens (tertiary/aromatic N) is 3. The molecule has 4 aromatic rings. The van der Waals surface area contributed by atoms with Gasteiger partial charge < -0.3 is 18.9 Å². The fourth-order valence-corrected chi connectivity index (χ4v) is 5.01. The third-order valence-electron chi connectivity index (χ3n) is 7.32. The van der Waals surface area contributed by atoms with Crippen molar-refractivity contribution in [1.29, 1.82) is 0 Å². The van der Waals surface area contributed by atoms with Crippen LogP contribution >= 0.6 is 0 Å². The van der Waals surface area contributed by atoms with Gasteiger partial charge in [-0.05, 0) is 74.3 Å². The first kappa shape index (κ1) is 27.5. The lowest BCUT2D eigenvalue weighted by Crippen LogP contribution is -2.32. The summed E-state index contributed by atoms with van der Waals surface area (Å²) >= 11 is 0. The van der Waals surface area contributed by atoms with E-state index in [-0.39, 0.29) is 5.43 Å². The first-order valence-corrected chi connectivity index (χ1v) is 13.9. The van der Waals surface area contributed by atoms with Gasteiger partial charge in [0.15, 0.2) is 11.5 Å². The van der Waals surface area contributed by atoms with Crippen molar-refractivity contribution in [3.63, 3.8) is 0 Å². The van der Waals surface area contributed by atoms with Crippen molar-refractivity contribution < 1.29 is 18.9 Å². The highest BCUT2D eigenvalue weighted by molar-refractivity contribution is 5.83. The van der Waals surface area contributed by atoms with E-state index in [4.69, 9.17) is 24.0 Å². The van der Waals surface area contributed by atoms with Crippen LogP contribution < -0.4 is 24.4 Å². The Bertz CT molecular complexity index is 1480. The molecule has 8 heteroatoms. The third kappa shape index (κ3) is 6.39. The van der Waals surface area contributed by atoms with Gasteiger partial charge in [-0.3, -0.25) is 14.4 Å². The maximum Gasteiger partial charge on any atom is 0.212 e. The summed E-state index contributed by atoms with van der Waals surface area (Å²) in [7, 11) is 3.29. The minimum Gasteiger partial charge on any atom is -0.497 e. The smallest absolute Gasteiger partial charge is 0.212 e. The molecule has 0 bridgehead atoms. The molecule has 210 valence electrons. The maximum absolute atomic E-state index is 13.7. The summed E-state index contributed by atoms with van der Waals surface area (Å²) in [5.74, 6) is 2.65. The number of benzene rings is 3. The molecule has 2 heterocycles. The molecule has 8 nitrogen and oxygen atoms in total. The number of ether oxygens (including phenoxy) is 4. The zero-order chi connectivity index (χ0) is 27.9. The standard InChI is InChI=1S/C32H37N3O5/c1-4-35-29-19-31(40-22-24-10-14-26(38-3)15-11-24)30(39-21-23-8-12-25(37-2)13-9-23)18-27(29)32(36)28(33-35)20-34-16-6-5-7-17-34/h8-15,18-19H,4-7,16-17,20-22H2,1-3H3. The lowest BCUT2D eigenvalue weighted by Gasteiger charge is -2.26. The second-order valence-electron chi connectivity index (χ2n) is 10.0. The van der Waals surface area contributed by atoms with Crippen LogP contribution in [-0.2, 0) is 26.3 Å². The molecule has 0 amide bonds. The van der Waals surface area contributed by atoms with Gasteiger partial charge in [0.1, 0.15) is 30.4 Å². The van der Waals surface area contributed by atoms with Crippen molar-refractivity contribution >= 4 is 10.9 Å². The summed E-state index contributed by atoms with van der Waals surface area (Å²) in [4.78, 5) is 16.0. The van der Waals surface area contributed by atoms with E-state index in [0.29, 0.717) is 48.9 Å². The molecule has 0 N–H and O–H groups in total. The van der Waals surface area contributed by atoms with Gasteiger partial charge in [0.25, 0.3) is 0 Å². The molecule has 1 aliphatic rings. The molecule has 0 saturated carbocycles. The predicted molar refractivity (Wildman–Crippen MR) is 155 cm³/mol. The molecule has 1 aromatic heterocycles. The van der Waals surface area contributed by atoms with Crippen molar-refractivity contribution in [2.24, 2.45) is 0 Å². The molecule has 0 radical (unpaired) electrons. The van der Waals surface area contributed by atoms with Crippen LogP contribution in [0, 0.1) is 0 Å². The molecule has 0 aliphatic carbocycles. The molecule has 0 spiro atoms. The van der Waals surface area contributed by atoms with E-state index >= 15 is 0 Å². The number of methoxy groups -OCH3 is 2. The number of piperidine rings is 1. The Hall–Kier alpha value is -4.04. The molecule has 5 rings (SSSR count). The quantitative estimate of drug-likeness (QED) is 0.245. The molecular formula is C32H37N3O5. The molecule has 0 unspecified atom stereocenters. The largest absolute Gasteiger partial charge is 0.497 e. The highest BCUT2D eigenvalue weighted by atomic mass is 16.5. The summed E-state index contributed by atoms with van der Waals surface area (Å²) in [6.07, 6.45) is 3.57. The number of fused-ring (bicyclic) bond motifs is 1. The number of aromatic nitrogens is 2. The van der Waals surface area contributed by atoms with Gasteiger partial charge in [-0.2, -0.15) is 5.10 Å². The van der Waals surface area contributed by atoms with Crippen LogP contribution in [0.25, 0.3) is 10.9 Å². The topological polar surface area (TPSA) is 75.1 Å². The van der Waals surface area contributed by atoms with E-state index in [1.807, 2.05) is 72.3 Å². The van der Waals surface area contributed by atoms with Gasteiger partial charge in [0.2, 0.25) is 5.43 Å². The van der Waals surface area contributed by atoms with Crippen LogP contribution in [0.2, 0.25) is 0 Å². The van der Waals surface area contributed by atoms with Gasteiger partial charge in [-0.25, -0.2) is 0 Å². The van der Waals surface area contributed by atoms with E-state index in [2.05, 4.69) is 4.90 Å². The third-order valence-corrected chi connectivity index (χ3v) is 7.32. The lowest BCUT2D eigenvalue weighted by atomic mass is 10.1. The van der Waals surface area contributed by atoms with Crippen molar-refractivity contribution in [1.82, 2.24) is 14.7 Å². The van der Waals surface area contributed by atoms with Gasteiger partial charge in [-0.15, -0.1) is 0 Å². The number of hydrogen-bond acceptors (Lipinski definition) is 7. The molecule has 1 saturated heterocycles. The van der Waals surface area contributed by atoms with E-state index in [9.17, 15) is 4.79 Å². The molecular weight excluding hydrogens is 506 g/mol. The summed E-state index contributed by atoms with van der Waals surface area (Å²) in [6.45, 7) is 5.89. The van der Waals surface area contributed by atoms with Crippen LogP contribution in [0.3, 0.4) is 0 Å². The molecule has 0 atom stereocenters. The summed E-state index contributed by atoms with van der Waals surface area (Å²) in [6, 6.07) is 19.2. The van der Waals surface area contributed by atoms with Crippen LogP contribution in [0.1, 0.15) is 43.0 Å². The average molecular weight is 544 g/mol. The van der Waals surface area contributed by atoms with E-state index < -0.39 is 0 Å². The van der Waals surface area contributed by atoms with Crippen molar-refractivity contribution in [2.45, 2.75) is 52.5 Å². The van der Waals surface area contributed by atoms with E-state index in [1.54, 1.807) is 14.2 Å². The minimum absolute atomic E-state index is 0.0544. The summed E-state index contributed by atoms with van der Waals surface area (Å²) in [5.41, 5.74) is 3.22. The van der Waals surface area contributed by atoms with Gasteiger partial charge in [-0.1, -0.05) is 30.7 Å². The fourth-order valence-electron chi connectivity index (χ4n) is 5.01. The Balaban J connectivity index is 1.49. The molecule has 40 heavy (non-hydrogen) atoms. The zero-order valence-electron chi connectivity index (χ0n) is 23.5. The first-order chi connectivity index (χ1) is 19.6. The monoisotopic (exact) mass is 543 g/mol. The number of aryl methyl sites for hydroxylation is 1. The fraction of sp³-hybridized carbons (Fsp3) is 0.375. The lowest BCUT2D eigenvalue weighted by molar-refractivity contribution is 0.216. The normalized spacial score (nSPS) is 13.8. The van der Waals surface area contributed by atoms with E-state index in [0.717, 1.165) is 54.1 Å². The molecule has 3 aromatic carbocycles. The van der Waals surface area contributed by atoms with E-state index in [1.165, 1.54) is 6.42 Å². The predicted octanol–water partition coefficient (Wildman–Crippen LogP) is 5.58. The molecule has 1 aliphatic heterocycles.